The number of halogens is 3. The van der Waals surface area contributed by atoms with Gasteiger partial charge in [-0.3, -0.25) is 14.5 Å². The van der Waals surface area contributed by atoms with E-state index in [0.717, 1.165) is 10.5 Å². The third kappa shape index (κ3) is 6.12. The molecule has 0 aromatic heterocycles. The largest absolute Gasteiger partial charge is 0.324 e. The monoisotopic (exact) mass is 427 g/mol. The molecule has 2 aromatic carbocycles. The van der Waals surface area contributed by atoms with Gasteiger partial charge in [0, 0.05) is 9.50 Å². The van der Waals surface area contributed by atoms with E-state index in [1.165, 1.54) is 17.0 Å². The minimum absolute atomic E-state index is 0.0118. The molecule has 2 N–H and O–H groups in total. The summed E-state index contributed by atoms with van der Waals surface area (Å²) >= 11 is 9.01. The van der Waals surface area contributed by atoms with Gasteiger partial charge < -0.3 is 10.6 Å². The quantitative estimate of drug-likeness (QED) is 0.737. The fraction of sp³-hybridized carbons (Fsp3) is 0.176. The molecule has 132 valence electrons. The Morgan fingerprint density at radius 1 is 1.08 bits per heavy atom. The van der Waals surface area contributed by atoms with Crippen molar-refractivity contribution in [3.63, 3.8) is 0 Å². The molecule has 0 fully saturated rings. The smallest absolute Gasteiger partial charge is 0.238 e. The first-order valence-corrected chi connectivity index (χ1v) is 8.50. The zero-order chi connectivity index (χ0) is 18.4. The van der Waals surface area contributed by atoms with Crippen LogP contribution in [0.4, 0.5) is 15.8 Å². The van der Waals surface area contributed by atoms with Crippen LogP contribution >= 0.6 is 27.5 Å². The molecule has 0 bridgehead atoms. The second kappa shape index (κ2) is 8.94. The van der Waals surface area contributed by atoms with Crippen LogP contribution in [0.1, 0.15) is 0 Å². The van der Waals surface area contributed by atoms with Gasteiger partial charge in [-0.15, -0.1) is 0 Å². The molecule has 5 nitrogen and oxygen atoms in total. The van der Waals surface area contributed by atoms with Gasteiger partial charge in [0.15, 0.2) is 0 Å². The molecule has 0 heterocycles. The van der Waals surface area contributed by atoms with E-state index in [4.69, 9.17) is 11.6 Å². The van der Waals surface area contributed by atoms with Gasteiger partial charge in [0.05, 0.1) is 24.5 Å². The van der Waals surface area contributed by atoms with Gasteiger partial charge in [0.2, 0.25) is 11.8 Å². The highest BCUT2D eigenvalue weighted by Gasteiger charge is 2.13. The third-order valence-electron chi connectivity index (χ3n) is 3.18. The minimum Gasteiger partial charge on any atom is -0.324 e. The molecule has 0 aliphatic carbocycles. The average molecular weight is 429 g/mol. The highest BCUT2D eigenvalue weighted by Crippen LogP contribution is 2.21. The molecule has 0 unspecified atom stereocenters. The van der Waals surface area contributed by atoms with E-state index in [9.17, 15) is 14.0 Å². The number of hydrogen-bond donors (Lipinski definition) is 2. The Morgan fingerprint density at radius 2 is 1.68 bits per heavy atom. The lowest BCUT2D eigenvalue weighted by atomic mass is 10.3. The molecule has 0 saturated carbocycles. The Balaban J connectivity index is 1.84. The normalized spacial score (nSPS) is 10.6. The van der Waals surface area contributed by atoms with Crippen molar-refractivity contribution in [1.29, 1.82) is 0 Å². The van der Waals surface area contributed by atoms with Gasteiger partial charge in [-0.2, -0.15) is 0 Å². The van der Waals surface area contributed by atoms with Crippen LogP contribution in [0, 0.1) is 5.82 Å². The summed E-state index contributed by atoms with van der Waals surface area (Å²) < 4.78 is 14.4. The van der Waals surface area contributed by atoms with Crippen LogP contribution in [0.5, 0.6) is 0 Å². The van der Waals surface area contributed by atoms with E-state index < -0.39 is 11.7 Å². The van der Waals surface area contributed by atoms with Crippen molar-refractivity contribution >= 4 is 50.7 Å². The number of para-hydroxylation sites is 1. The predicted octanol–water partition coefficient (Wildman–Crippen LogP) is 3.75. The number of nitrogens with one attached hydrogen (secondary N) is 2. The topological polar surface area (TPSA) is 61.4 Å². The van der Waals surface area contributed by atoms with Crippen LogP contribution < -0.4 is 10.6 Å². The maximum absolute atomic E-state index is 13.7. The zero-order valence-electron chi connectivity index (χ0n) is 13.4. The molecule has 0 atom stereocenters. The maximum Gasteiger partial charge on any atom is 0.238 e. The first-order valence-electron chi connectivity index (χ1n) is 7.33. The van der Waals surface area contributed by atoms with E-state index >= 15 is 0 Å². The molecular formula is C17H16BrClFN3O2. The van der Waals surface area contributed by atoms with Crippen molar-refractivity contribution in [2.45, 2.75) is 0 Å². The lowest BCUT2D eigenvalue weighted by Crippen LogP contribution is -2.36. The molecule has 2 aromatic rings. The summed E-state index contributed by atoms with van der Waals surface area (Å²) in [6.45, 7) is -0.0523. The highest BCUT2D eigenvalue weighted by molar-refractivity contribution is 9.10. The van der Waals surface area contributed by atoms with Crippen molar-refractivity contribution in [3.8, 4) is 0 Å². The van der Waals surface area contributed by atoms with Gasteiger partial charge in [0.25, 0.3) is 0 Å². The number of rotatable bonds is 6. The van der Waals surface area contributed by atoms with E-state index in [2.05, 4.69) is 26.6 Å². The molecule has 0 saturated heterocycles. The lowest BCUT2D eigenvalue weighted by Gasteiger charge is -2.16. The number of likely N-dealkylation sites (N-methyl/N-ethyl adjacent to an activating group) is 1. The Morgan fingerprint density at radius 3 is 2.28 bits per heavy atom. The molecular weight excluding hydrogens is 413 g/mol. The van der Waals surface area contributed by atoms with Crippen LogP contribution in [0.25, 0.3) is 0 Å². The van der Waals surface area contributed by atoms with Crippen molar-refractivity contribution in [3.05, 3.63) is 57.8 Å². The Kier molecular flexibility index (Phi) is 6.92. The van der Waals surface area contributed by atoms with Crippen molar-refractivity contribution in [1.82, 2.24) is 4.90 Å². The van der Waals surface area contributed by atoms with Crippen LogP contribution in [0.3, 0.4) is 0 Å². The van der Waals surface area contributed by atoms with Crippen LogP contribution in [-0.2, 0) is 9.59 Å². The number of hydrogen-bond acceptors (Lipinski definition) is 3. The van der Waals surface area contributed by atoms with Gasteiger partial charge in [0.1, 0.15) is 5.82 Å². The van der Waals surface area contributed by atoms with Crippen LogP contribution in [0.2, 0.25) is 5.02 Å². The van der Waals surface area contributed by atoms with Gasteiger partial charge in [-0.1, -0.05) is 23.7 Å². The number of benzene rings is 2. The first kappa shape index (κ1) is 19.4. The molecule has 0 aliphatic heterocycles. The van der Waals surface area contributed by atoms with Gasteiger partial charge in [-0.25, -0.2) is 4.39 Å². The molecule has 0 spiro atoms. The van der Waals surface area contributed by atoms with Gasteiger partial charge >= 0.3 is 0 Å². The number of carbonyl (C=O) groups is 2. The second-order valence-electron chi connectivity index (χ2n) is 5.37. The minimum atomic E-state index is -0.616. The Hall–Kier alpha value is -1.96. The fourth-order valence-electron chi connectivity index (χ4n) is 2.08. The van der Waals surface area contributed by atoms with Crippen molar-refractivity contribution in [2.24, 2.45) is 0 Å². The molecule has 0 aliphatic rings. The standard InChI is InChI=1S/C17H16BrClFN3O2/c1-23(9-16(24)21-14-5-3-2-4-12(14)18)10-17(25)22-15-7-6-11(19)8-13(15)20/h2-8H,9-10H2,1H3,(H,21,24)(H,22,25). The Labute approximate surface area is 158 Å². The highest BCUT2D eigenvalue weighted by atomic mass is 79.9. The Bertz CT molecular complexity index is 788. The lowest BCUT2D eigenvalue weighted by molar-refractivity contribution is -0.119. The van der Waals surface area contributed by atoms with E-state index in [1.807, 2.05) is 12.1 Å². The molecule has 8 heteroatoms. The third-order valence-corrected chi connectivity index (χ3v) is 4.11. The predicted molar refractivity (Wildman–Crippen MR) is 100 cm³/mol. The summed E-state index contributed by atoms with van der Waals surface area (Å²) in [4.78, 5) is 25.5. The summed E-state index contributed by atoms with van der Waals surface area (Å²) in [5, 5.41) is 5.44. The SMILES string of the molecule is CN(CC(=O)Nc1ccc(Cl)cc1F)CC(=O)Nc1ccccc1Br. The zero-order valence-corrected chi connectivity index (χ0v) is 15.7. The van der Waals surface area contributed by atoms with E-state index in [0.29, 0.717) is 5.69 Å². The number of amides is 2. The summed E-state index contributed by atoms with van der Waals surface area (Å²) in [7, 11) is 1.62. The summed E-state index contributed by atoms with van der Waals surface area (Å²) in [6, 6.07) is 11.2. The van der Waals surface area contributed by atoms with Gasteiger partial charge in [-0.05, 0) is 53.3 Å². The van der Waals surface area contributed by atoms with Crippen LogP contribution in [-0.4, -0.2) is 36.9 Å². The molecule has 2 amide bonds. The maximum atomic E-state index is 13.7. The average Bonchev–Trinajstić information content (AvgIpc) is 2.52. The number of anilines is 2. The summed E-state index contributed by atoms with van der Waals surface area (Å²) in [6.07, 6.45) is 0. The molecule has 25 heavy (non-hydrogen) atoms. The van der Waals surface area contributed by atoms with Crippen molar-refractivity contribution in [2.75, 3.05) is 30.8 Å². The first-order chi connectivity index (χ1) is 11.8. The van der Waals surface area contributed by atoms with E-state index in [1.54, 1.807) is 19.2 Å². The van der Waals surface area contributed by atoms with E-state index in [-0.39, 0.29) is 29.7 Å². The number of nitrogens with zero attached hydrogens (tertiary/aromatic N) is 1. The molecule has 2 rings (SSSR count). The number of carbonyl (C=O) groups excluding carboxylic acids is 2. The van der Waals surface area contributed by atoms with Crippen molar-refractivity contribution < 1.29 is 14.0 Å². The fourth-order valence-corrected chi connectivity index (χ4v) is 2.62. The molecule has 0 radical (unpaired) electrons. The second-order valence-corrected chi connectivity index (χ2v) is 6.66. The summed E-state index contributed by atoms with van der Waals surface area (Å²) in [5.74, 6) is -1.31. The summed E-state index contributed by atoms with van der Waals surface area (Å²) in [5.41, 5.74) is 0.689. The van der Waals surface area contributed by atoms with Crippen LogP contribution in [0.15, 0.2) is 46.9 Å².